The molecule has 0 spiro atoms. The van der Waals surface area contributed by atoms with Crippen LogP contribution in [-0.2, 0) is 16.6 Å². The number of hydrogen-bond donors (Lipinski definition) is 2. The smallest absolute Gasteiger partial charge is 0.247 e. The fourth-order valence-corrected chi connectivity index (χ4v) is 4.77. The Morgan fingerprint density at radius 3 is 2.74 bits per heavy atom. The van der Waals surface area contributed by atoms with Gasteiger partial charge in [0.1, 0.15) is 4.90 Å². The van der Waals surface area contributed by atoms with E-state index in [9.17, 15) is 8.42 Å². The highest BCUT2D eigenvalue weighted by molar-refractivity contribution is 7.89. The zero-order chi connectivity index (χ0) is 14.2. The molecule has 1 fully saturated rings. The van der Waals surface area contributed by atoms with Gasteiger partial charge in [0, 0.05) is 19.1 Å². The lowest BCUT2D eigenvalue weighted by Crippen LogP contribution is -2.45. The lowest BCUT2D eigenvalue weighted by Gasteiger charge is -2.35. The lowest BCUT2D eigenvalue weighted by atomic mass is 9.97. The lowest BCUT2D eigenvalue weighted by molar-refractivity contribution is 0.218. The number of nitrogens with zero attached hydrogens (tertiary/aromatic N) is 2. The van der Waals surface area contributed by atoms with Gasteiger partial charge in [-0.1, -0.05) is 6.92 Å². The Bertz CT molecular complexity index is 552. The van der Waals surface area contributed by atoms with Crippen molar-refractivity contribution >= 4 is 10.0 Å². The van der Waals surface area contributed by atoms with E-state index in [1.54, 1.807) is 11.2 Å². The third-order valence-electron chi connectivity index (χ3n) is 3.78. The van der Waals surface area contributed by atoms with Crippen LogP contribution in [0.25, 0.3) is 0 Å². The molecule has 0 aliphatic carbocycles. The van der Waals surface area contributed by atoms with Gasteiger partial charge in [0.25, 0.3) is 0 Å². The van der Waals surface area contributed by atoms with Crippen LogP contribution in [0.1, 0.15) is 38.1 Å². The van der Waals surface area contributed by atoms with Gasteiger partial charge < -0.3 is 5.73 Å². The number of rotatable bonds is 3. The maximum atomic E-state index is 12.8. The minimum absolute atomic E-state index is 0.0288. The maximum absolute atomic E-state index is 12.8. The molecule has 2 atom stereocenters. The molecule has 19 heavy (non-hydrogen) atoms. The first-order valence-corrected chi connectivity index (χ1v) is 8.07. The van der Waals surface area contributed by atoms with Crippen LogP contribution in [0.3, 0.4) is 0 Å². The van der Waals surface area contributed by atoms with E-state index in [-0.39, 0.29) is 17.5 Å². The van der Waals surface area contributed by atoms with E-state index in [0.717, 1.165) is 12.8 Å². The van der Waals surface area contributed by atoms with Crippen molar-refractivity contribution in [3.8, 4) is 0 Å². The second-order valence-electron chi connectivity index (χ2n) is 5.43. The summed E-state index contributed by atoms with van der Waals surface area (Å²) >= 11 is 0. The fourth-order valence-electron chi connectivity index (χ4n) is 2.65. The van der Waals surface area contributed by atoms with E-state index in [1.807, 2.05) is 6.92 Å². The number of aromatic nitrogens is 2. The predicted molar refractivity (Wildman–Crippen MR) is 73.0 cm³/mol. The predicted octanol–water partition coefficient (Wildman–Crippen LogP) is 0.986. The highest BCUT2D eigenvalue weighted by Gasteiger charge is 2.36. The van der Waals surface area contributed by atoms with Gasteiger partial charge in [-0.25, -0.2) is 8.42 Å². The van der Waals surface area contributed by atoms with Gasteiger partial charge in [0.05, 0.1) is 11.4 Å². The summed E-state index contributed by atoms with van der Waals surface area (Å²) in [6.45, 7) is 6.45. The molecule has 2 unspecified atom stereocenters. The van der Waals surface area contributed by atoms with Crippen molar-refractivity contribution in [3.05, 3.63) is 11.4 Å². The van der Waals surface area contributed by atoms with Crippen LogP contribution in [0.5, 0.6) is 0 Å². The van der Waals surface area contributed by atoms with Gasteiger partial charge in [-0.3, -0.25) is 5.10 Å². The maximum Gasteiger partial charge on any atom is 0.247 e. The molecule has 2 rings (SSSR count). The number of H-pyrrole nitrogens is 1. The van der Waals surface area contributed by atoms with Crippen LogP contribution >= 0.6 is 0 Å². The van der Waals surface area contributed by atoms with E-state index in [1.165, 1.54) is 0 Å². The molecular weight excluding hydrogens is 264 g/mol. The van der Waals surface area contributed by atoms with Crippen LogP contribution in [0.15, 0.2) is 4.90 Å². The van der Waals surface area contributed by atoms with Crippen LogP contribution in [0, 0.1) is 12.8 Å². The number of aryl methyl sites for hydroxylation is 1. The molecule has 2 heterocycles. The van der Waals surface area contributed by atoms with Crippen molar-refractivity contribution < 1.29 is 8.42 Å². The van der Waals surface area contributed by atoms with Gasteiger partial charge in [-0.2, -0.15) is 9.40 Å². The molecule has 7 heteroatoms. The van der Waals surface area contributed by atoms with Gasteiger partial charge in [0.15, 0.2) is 0 Å². The second-order valence-corrected chi connectivity index (χ2v) is 7.26. The SMILES string of the molecule is Cc1[nH]nc(CN)c1S(=O)(=O)N1CC(C)CCC1C. The molecule has 108 valence electrons. The van der Waals surface area contributed by atoms with E-state index < -0.39 is 10.0 Å². The molecular formula is C12H22N4O2S. The Morgan fingerprint density at radius 2 is 2.11 bits per heavy atom. The Morgan fingerprint density at radius 1 is 1.42 bits per heavy atom. The average Bonchev–Trinajstić information content (AvgIpc) is 2.74. The molecule has 1 aliphatic rings. The fraction of sp³-hybridized carbons (Fsp3) is 0.750. The summed E-state index contributed by atoms with van der Waals surface area (Å²) in [6.07, 6.45) is 1.97. The summed E-state index contributed by atoms with van der Waals surface area (Å²) in [5.74, 6) is 0.388. The van der Waals surface area contributed by atoms with Crippen molar-refractivity contribution in [3.63, 3.8) is 0 Å². The quantitative estimate of drug-likeness (QED) is 0.866. The van der Waals surface area contributed by atoms with E-state index in [2.05, 4.69) is 17.1 Å². The third kappa shape index (κ3) is 2.54. The first-order valence-electron chi connectivity index (χ1n) is 6.63. The normalized spacial score (nSPS) is 25.7. The van der Waals surface area contributed by atoms with Crippen LogP contribution in [0.4, 0.5) is 0 Å². The van der Waals surface area contributed by atoms with Gasteiger partial charge in [-0.05, 0) is 32.6 Å². The Labute approximate surface area is 114 Å². The minimum Gasteiger partial charge on any atom is -0.325 e. The van der Waals surface area contributed by atoms with Gasteiger partial charge in [-0.15, -0.1) is 0 Å². The second kappa shape index (κ2) is 5.22. The van der Waals surface area contributed by atoms with Crippen LogP contribution in [0.2, 0.25) is 0 Å². The van der Waals surface area contributed by atoms with Crippen LogP contribution < -0.4 is 5.73 Å². The van der Waals surface area contributed by atoms with Gasteiger partial charge >= 0.3 is 0 Å². The molecule has 0 radical (unpaired) electrons. The van der Waals surface area contributed by atoms with Crippen molar-refractivity contribution in [2.75, 3.05) is 6.54 Å². The van der Waals surface area contributed by atoms with E-state index >= 15 is 0 Å². The Hall–Kier alpha value is -0.920. The molecule has 1 aromatic heterocycles. The largest absolute Gasteiger partial charge is 0.325 e. The van der Waals surface area contributed by atoms with Crippen molar-refractivity contribution in [2.45, 2.75) is 51.1 Å². The van der Waals surface area contributed by atoms with Crippen LogP contribution in [-0.4, -0.2) is 35.5 Å². The highest BCUT2D eigenvalue weighted by Crippen LogP contribution is 2.30. The molecule has 0 bridgehead atoms. The standard InChI is InChI=1S/C12H22N4O2S/c1-8-4-5-9(2)16(7-8)19(17,18)12-10(3)14-15-11(12)6-13/h8-9H,4-7,13H2,1-3H3,(H,14,15). The number of hydrogen-bond acceptors (Lipinski definition) is 4. The molecule has 0 aromatic carbocycles. The summed E-state index contributed by atoms with van der Waals surface area (Å²) < 4.78 is 27.2. The number of piperidine rings is 1. The molecule has 1 aromatic rings. The highest BCUT2D eigenvalue weighted by atomic mass is 32.2. The topological polar surface area (TPSA) is 92.1 Å². The van der Waals surface area contributed by atoms with E-state index in [0.29, 0.717) is 23.9 Å². The zero-order valence-electron chi connectivity index (χ0n) is 11.7. The number of nitrogens with one attached hydrogen (secondary N) is 1. The first-order chi connectivity index (χ1) is 8.87. The molecule has 6 nitrogen and oxygen atoms in total. The Kier molecular flexibility index (Phi) is 3.98. The van der Waals surface area contributed by atoms with Crippen molar-refractivity contribution in [2.24, 2.45) is 11.7 Å². The first kappa shape index (κ1) is 14.5. The minimum atomic E-state index is -3.51. The summed E-state index contributed by atoms with van der Waals surface area (Å²) in [5.41, 5.74) is 6.57. The third-order valence-corrected chi connectivity index (χ3v) is 5.97. The summed E-state index contributed by atoms with van der Waals surface area (Å²) in [5, 5.41) is 6.71. The molecule has 1 aliphatic heterocycles. The molecule has 0 saturated carbocycles. The average molecular weight is 286 g/mol. The number of sulfonamides is 1. The molecule has 0 amide bonds. The number of aromatic amines is 1. The van der Waals surface area contributed by atoms with E-state index in [4.69, 9.17) is 5.73 Å². The Balaban J connectivity index is 2.44. The monoisotopic (exact) mass is 286 g/mol. The van der Waals surface area contributed by atoms with Crippen molar-refractivity contribution in [1.29, 1.82) is 0 Å². The van der Waals surface area contributed by atoms with Crippen molar-refractivity contribution in [1.82, 2.24) is 14.5 Å². The summed E-state index contributed by atoms with van der Waals surface area (Å²) in [7, 11) is -3.51. The number of nitrogens with two attached hydrogens (primary N) is 1. The zero-order valence-corrected chi connectivity index (χ0v) is 12.5. The summed E-state index contributed by atoms with van der Waals surface area (Å²) in [4.78, 5) is 0.260. The molecule has 3 N–H and O–H groups in total. The summed E-state index contributed by atoms with van der Waals surface area (Å²) in [6, 6.07) is 0.0288. The molecule has 1 saturated heterocycles. The van der Waals surface area contributed by atoms with Gasteiger partial charge in [0.2, 0.25) is 10.0 Å².